The lowest BCUT2D eigenvalue weighted by atomic mass is 10.2. The van der Waals surface area contributed by atoms with Gasteiger partial charge in [0.05, 0.1) is 23.6 Å². The molecule has 1 amide bonds. The van der Waals surface area contributed by atoms with Gasteiger partial charge in [0.1, 0.15) is 0 Å². The molecule has 0 saturated heterocycles. The molecule has 12 heteroatoms. The van der Waals surface area contributed by atoms with E-state index in [2.05, 4.69) is 15.0 Å². The van der Waals surface area contributed by atoms with Crippen molar-refractivity contribution >= 4 is 44.1 Å². The van der Waals surface area contributed by atoms with Crippen molar-refractivity contribution in [2.75, 3.05) is 16.6 Å². The van der Waals surface area contributed by atoms with Crippen LogP contribution in [0.25, 0.3) is 0 Å². The molecule has 168 valence electrons. The standard InChI is InChI=1S/C20H17F2N3O5S2/c1-2-30-18(26)9-14-11-31-20(23-14)24-19(27)12-4-3-5-13(8-12)25-32(28,29)15-6-7-16(21)17(22)10-15/h3-8,10-11,25H,2,9H2,1H3,(H,23,24,27). The summed E-state index contributed by atoms with van der Waals surface area (Å²) in [5.41, 5.74) is 0.610. The van der Waals surface area contributed by atoms with E-state index in [1.807, 2.05) is 0 Å². The van der Waals surface area contributed by atoms with Gasteiger partial charge in [-0.1, -0.05) is 6.07 Å². The van der Waals surface area contributed by atoms with Gasteiger partial charge in [-0.25, -0.2) is 22.2 Å². The van der Waals surface area contributed by atoms with Gasteiger partial charge in [-0.2, -0.15) is 0 Å². The second-order valence-corrected chi connectivity index (χ2v) is 8.88. The molecule has 3 aromatic rings. The number of anilines is 2. The van der Waals surface area contributed by atoms with Crippen LogP contribution in [0.5, 0.6) is 0 Å². The molecule has 2 aromatic carbocycles. The molecular formula is C20H17F2N3O5S2. The van der Waals surface area contributed by atoms with Gasteiger partial charge in [0, 0.05) is 16.6 Å². The fraction of sp³-hybridized carbons (Fsp3) is 0.150. The number of nitrogens with one attached hydrogen (secondary N) is 2. The van der Waals surface area contributed by atoms with Crippen molar-refractivity contribution in [3.05, 3.63) is 70.7 Å². The minimum absolute atomic E-state index is 0.0263. The van der Waals surface area contributed by atoms with Crippen molar-refractivity contribution < 1.29 is 31.5 Å². The Hall–Kier alpha value is -3.38. The first-order valence-corrected chi connectivity index (χ1v) is 11.5. The van der Waals surface area contributed by atoms with E-state index in [9.17, 15) is 26.8 Å². The summed E-state index contributed by atoms with van der Waals surface area (Å²) in [6.07, 6.45) is -0.0263. The number of hydrogen-bond acceptors (Lipinski definition) is 7. The van der Waals surface area contributed by atoms with Crippen LogP contribution in [0.1, 0.15) is 23.0 Å². The molecule has 0 radical (unpaired) electrons. The Balaban J connectivity index is 1.70. The minimum Gasteiger partial charge on any atom is -0.466 e. The third-order valence-electron chi connectivity index (χ3n) is 3.98. The minimum atomic E-state index is -4.21. The van der Waals surface area contributed by atoms with Crippen LogP contribution in [0.2, 0.25) is 0 Å². The molecule has 0 spiro atoms. The van der Waals surface area contributed by atoms with Crippen LogP contribution >= 0.6 is 11.3 Å². The highest BCUT2D eigenvalue weighted by Crippen LogP contribution is 2.21. The second-order valence-electron chi connectivity index (χ2n) is 6.34. The first-order valence-electron chi connectivity index (χ1n) is 9.17. The number of sulfonamides is 1. The Morgan fingerprint density at radius 2 is 1.91 bits per heavy atom. The van der Waals surface area contributed by atoms with Crippen LogP contribution < -0.4 is 10.0 Å². The molecule has 0 unspecified atom stereocenters. The zero-order valence-electron chi connectivity index (χ0n) is 16.6. The Kier molecular flexibility index (Phi) is 7.15. The van der Waals surface area contributed by atoms with Crippen molar-refractivity contribution in [2.24, 2.45) is 0 Å². The van der Waals surface area contributed by atoms with Gasteiger partial charge in [0.15, 0.2) is 16.8 Å². The maximum atomic E-state index is 13.4. The third kappa shape index (κ3) is 5.86. The van der Waals surface area contributed by atoms with E-state index < -0.39 is 38.4 Å². The highest BCUT2D eigenvalue weighted by molar-refractivity contribution is 7.92. The van der Waals surface area contributed by atoms with E-state index in [1.165, 1.54) is 24.3 Å². The van der Waals surface area contributed by atoms with Crippen LogP contribution in [0.4, 0.5) is 19.6 Å². The number of halogens is 2. The fourth-order valence-electron chi connectivity index (χ4n) is 2.56. The normalized spacial score (nSPS) is 11.1. The van der Waals surface area contributed by atoms with Crippen LogP contribution in [0.15, 0.2) is 52.7 Å². The smallest absolute Gasteiger partial charge is 0.311 e. The number of benzene rings is 2. The molecule has 0 aliphatic heterocycles. The third-order valence-corrected chi connectivity index (χ3v) is 6.17. The number of aromatic nitrogens is 1. The monoisotopic (exact) mass is 481 g/mol. The van der Waals surface area contributed by atoms with E-state index in [0.29, 0.717) is 17.8 Å². The average molecular weight is 482 g/mol. The summed E-state index contributed by atoms with van der Waals surface area (Å²) < 4.78 is 58.4. The molecular weight excluding hydrogens is 464 g/mol. The topological polar surface area (TPSA) is 114 Å². The molecule has 0 atom stereocenters. The molecule has 0 aliphatic carbocycles. The first kappa shape index (κ1) is 23.3. The van der Waals surface area contributed by atoms with E-state index >= 15 is 0 Å². The fourth-order valence-corrected chi connectivity index (χ4v) is 4.32. The lowest BCUT2D eigenvalue weighted by Crippen LogP contribution is -2.15. The number of carbonyl (C=O) groups is 2. The van der Waals surface area contributed by atoms with Crippen LogP contribution in [0.3, 0.4) is 0 Å². The Bertz CT molecular complexity index is 1260. The van der Waals surface area contributed by atoms with Crippen molar-refractivity contribution in [3.63, 3.8) is 0 Å². The average Bonchev–Trinajstić information content (AvgIpc) is 3.16. The predicted molar refractivity (Wildman–Crippen MR) is 114 cm³/mol. The zero-order chi connectivity index (χ0) is 23.3. The molecule has 1 heterocycles. The summed E-state index contributed by atoms with van der Waals surface area (Å²) in [5.74, 6) is -3.46. The summed E-state index contributed by atoms with van der Waals surface area (Å²) in [6, 6.07) is 7.77. The number of amides is 1. The highest BCUT2D eigenvalue weighted by Gasteiger charge is 2.18. The van der Waals surface area contributed by atoms with E-state index in [-0.39, 0.29) is 29.4 Å². The van der Waals surface area contributed by atoms with E-state index in [0.717, 1.165) is 17.4 Å². The molecule has 3 rings (SSSR count). The molecule has 8 nitrogen and oxygen atoms in total. The van der Waals surface area contributed by atoms with Crippen molar-refractivity contribution in [1.82, 2.24) is 4.98 Å². The summed E-state index contributed by atoms with van der Waals surface area (Å²) in [7, 11) is -4.21. The largest absolute Gasteiger partial charge is 0.466 e. The number of ether oxygens (including phenoxy) is 1. The van der Waals surface area contributed by atoms with E-state index in [4.69, 9.17) is 4.74 Å². The van der Waals surface area contributed by atoms with Crippen molar-refractivity contribution in [3.8, 4) is 0 Å². The van der Waals surface area contributed by atoms with Crippen molar-refractivity contribution in [2.45, 2.75) is 18.2 Å². The first-order chi connectivity index (χ1) is 15.2. The Morgan fingerprint density at radius 1 is 1.12 bits per heavy atom. The highest BCUT2D eigenvalue weighted by atomic mass is 32.2. The molecule has 2 N–H and O–H groups in total. The molecule has 1 aromatic heterocycles. The van der Waals surface area contributed by atoms with Gasteiger partial charge >= 0.3 is 5.97 Å². The SMILES string of the molecule is CCOC(=O)Cc1csc(NC(=O)c2cccc(NS(=O)(=O)c3ccc(F)c(F)c3)c2)n1. The van der Waals surface area contributed by atoms with Crippen LogP contribution in [0, 0.1) is 11.6 Å². The van der Waals surface area contributed by atoms with Gasteiger partial charge in [0.25, 0.3) is 15.9 Å². The molecule has 0 fully saturated rings. The maximum absolute atomic E-state index is 13.4. The quantitative estimate of drug-likeness (QED) is 0.476. The summed E-state index contributed by atoms with van der Waals surface area (Å²) >= 11 is 1.12. The lowest BCUT2D eigenvalue weighted by Gasteiger charge is -2.10. The van der Waals surface area contributed by atoms with Crippen LogP contribution in [-0.2, 0) is 26.0 Å². The number of nitrogens with zero attached hydrogens (tertiary/aromatic N) is 1. The molecule has 0 saturated carbocycles. The molecule has 0 aliphatic rings. The number of esters is 1. The van der Waals surface area contributed by atoms with Gasteiger partial charge in [-0.05, 0) is 43.3 Å². The number of carbonyl (C=O) groups excluding carboxylic acids is 2. The summed E-state index contributed by atoms with van der Waals surface area (Å²) in [4.78, 5) is 27.7. The van der Waals surface area contributed by atoms with Gasteiger partial charge in [-0.3, -0.25) is 19.6 Å². The van der Waals surface area contributed by atoms with Gasteiger partial charge < -0.3 is 4.74 Å². The summed E-state index contributed by atoms with van der Waals surface area (Å²) in [6.45, 7) is 1.94. The Morgan fingerprint density at radius 3 is 2.62 bits per heavy atom. The maximum Gasteiger partial charge on any atom is 0.311 e. The number of rotatable bonds is 8. The summed E-state index contributed by atoms with van der Waals surface area (Å²) in [5, 5.41) is 4.43. The van der Waals surface area contributed by atoms with Gasteiger partial charge in [-0.15, -0.1) is 11.3 Å². The predicted octanol–water partition coefficient (Wildman–Crippen LogP) is 3.58. The Labute approximate surface area is 186 Å². The second kappa shape index (κ2) is 9.83. The van der Waals surface area contributed by atoms with Crippen molar-refractivity contribution in [1.29, 1.82) is 0 Å². The lowest BCUT2D eigenvalue weighted by molar-refractivity contribution is -0.142. The van der Waals surface area contributed by atoms with Gasteiger partial charge in [0.2, 0.25) is 0 Å². The molecule has 0 bridgehead atoms. The molecule has 32 heavy (non-hydrogen) atoms. The van der Waals surface area contributed by atoms with Crippen LogP contribution in [-0.4, -0.2) is 31.9 Å². The zero-order valence-corrected chi connectivity index (χ0v) is 18.2. The number of hydrogen-bond donors (Lipinski definition) is 2. The van der Waals surface area contributed by atoms with E-state index in [1.54, 1.807) is 12.3 Å². The number of thiazole rings is 1.